The standard InChI is InChI=1S/C17H16O4/c1-12(18)20-16-9-8-15(17(11-16)21-13(2)19)10-14-6-4-3-5-7-14/h3-9,11H,10H2,1-2H3. The number of esters is 2. The molecule has 0 fully saturated rings. The van der Waals surface area contributed by atoms with E-state index in [0.717, 1.165) is 11.1 Å². The first kappa shape index (κ1) is 14.8. The summed E-state index contributed by atoms with van der Waals surface area (Å²) in [7, 11) is 0. The van der Waals surface area contributed by atoms with Crippen molar-refractivity contribution in [2.45, 2.75) is 20.3 Å². The van der Waals surface area contributed by atoms with Crippen molar-refractivity contribution in [2.75, 3.05) is 0 Å². The van der Waals surface area contributed by atoms with Crippen LogP contribution in [-0.2, 0) is 16.0 Å². The van der Waals surface area contributed by atoms with Gasteiger partial charge < -0.3 is 9.47 Å². The largest absolute Gasteiger partial charge is 0.427 e. The van der Waals surface area contributed by atoms with Crippen molar-refractivity contribution >= 4 is 11.9 Å². The van der Waals surface area contributed by atoms with Gasteiger partial charge in [-0.2, -0.15) is 0 Å². The van der Waals surface area contributed by atoms with Crippen LogP contribution in [0.25, 0.3) is 0 Å². The monoisotopic (exact) mass is 284 g/mol. The van der Waals surface area contributed by atoms with E-state index >= 15 is 0 Å². The molecule has 0 aliphatic rings. The molecule has 21 heavy (non-hydrogen) atoms. The highest BCUT2D eigenvalue weighted by atomic mass is 16.5. The molecule has 0 saturated heterocycles. The summed E-state index contributed by atoms with van der Waals surface area (Å²) >= 11 is 0. The van der Waals surface area contributed by atoms with Crippen LogP contribution in [0.5, 0.6) is 11.5 Å². The Morgan fingerprint density at radius 2 is 1.57 bits per heavy atom. The van der Waals surface area contributed by atoms with Crippen LogP contribution in [0.1, 0.15) is 25.0 Å². The summed E-state index contributed by atoms with van der Waals surface area (Å²) in [5, 5.41) is 0. The third kappa shape index (κ3) is 4.45. The lowest BCUT2D eigenvalue weighted by atomic mass is 10.0. The minimum Gasteiger partial charge on any atom is -0.427 e. The molecular weight excluding hydrogens is 268 g/mol. The number of carbonyl (C=O) groups is 2. The lowest BCUT2D eigenvalue weighted by Gasteiger charge is -2.11. The Balaban J connectivity index is 2.30. The molecule has 108 valence electrons. The summed E-state index contributed by atoms with van der Waals surface area (Å²) in [5.74, 6) is -0.0652. The van der Waals surface area contributed by atoms with Crippen molar-refractivity contribution in [1.29, 1.82) is 0 Å². The summed E-state index contributed by atoms with van der Waals surface area (Å²) in [5.41, 5.74) is 1.96. The number of benzene rings is 2. The van der Waals surface area contributed by atoms with Crippen LogP contribution in [0.4, 0.5) is 0 Å². The molecule has 4 nitrogen and oxygen atoms in total. The van der Waals surface area contributed by atoms with Crippen LogP contribution in [-0.4, -0.2) is 11.9 Å². The summed E-state index contributed by atoms with van der Waals surface area (Å²) in [6, 6.07) is 14.9. The highest BCUT2D eigenvalue weighted by molar-refractivity contribution is 5.71. The summed E-state index contributed by atoms with van der Waals surface area (Å²) < 4.78 is 10.2. The number of hydrogen-bond acceptors (Lipinski definition) is 4. The summed E-state index contributed by atoms with van der Waals surface area (Å²) in [6.45, 7) is 2.66. The molecule has 0 N–H and O–H groups in total. The molecule has 0 atom stereocenters. The lowest BCUT2D eigenvalue weighted by Crippen LogP contribution is -2.06. The molecule has 0 amide bonds. The van der Waals surface area contributed by atoms with Crippen LogP contribution in [0, 0.1) is 0 Å². The maximum Gasteiger partial charge on any atom is 0.308 e. The Kier molecular flexibility index (Phi) is 4.72. The number of hydrogen-bond donors (Lipinski definition) is 0. The molecule has 2 aromatic carbocycles. The van der Waals surface area contributed by atoms with Gasteiger partial charge in [0.25, 0.3) is 0 Å². The first-order chi connectivity index (χ1) is 10.0. The van der Waals surface area contributed by atoms with Gasteiger partial charge in [0, 0.05) is 26.3 Å². The van der Waals surface area contributed by atoms with Gasteiger partial charge in [-0.3, -0.25) is 9.59 Å². The van der Waals surface area contributed by atoms with Crippen LogP contribution in [0.3, 0.4) is 0 Å². The van der Waals surface area contributed by atoms with Gasteiger partial charge in [0.1, 0.15) is 11.5 Å². The molecule has 0 saturated carbocycles. The van der Waals surface area contributed by atoms with Gasteiger partial charge >= 0.3 is 11.9 Å². The molecule has 2 aromatic rings. The zero-order valence-corrected chi connectivity index (χ0v) is 12.0. The first-order valence-corrected chi connectivity index (χ1v) is 6.58. The Morgan fingerprint density at radius 3 is 2.19 bits per heavy atom. The van der Waals surface area contributed by atoms with E-state index in [9.17, 15) is 9.59 Å². The summed E-state index contributed by atoms with van der Waals surface area (Å²) in [6.07, 6.45) is 0.629. The van der Waals surface area contributed by atoms with Crippen molar-refractivity contribution < 1.29 is 19.1 Å². The zero-order chi connectivity index (χ0) is 15.2. The Labute approximate surface area is 123 Å². The van der Waals surface area contributed by atoms with Gasteiger partial charge in [0.15, 0.2) is 0 Å². The average molecular weight is 284 g/mol. The van der Waals surface area contributed by atoms with Gasteiger partial charge in [0.05, 0.1) is 0 Å². The number of ether oxygens (including phenoxy) is 2. The lowest BCUT2D eigenvalue weighted by molar-refractivity contribution is -0.132. The molecule has 0 radical (unpaired) electrons. The van der Waals surface area contributed by atoms with Gasteiger partial charge in [-0.1, -0.05) is 36.4 Å². The molecule has 2 rings (SSSR count). The molecule has 0 unspecified atom stereocenters. The third-order valence-corrected chi connectivity index (χ3v) is 2.79. The fourth-order valence-corrected chi connectivity index (χ4v) is 1.98. The summed E-state index contributed by atoms with van der Waals surface area (Å²) in [4.78, 5) is 22.2. The van der Waals surface area contributed by atoms with E-state index < -0.39 is 11.9 Å². The van der Waals surface area contributed by atoms with Gasteiger partial charge in [-0.25, -0.2) is 0 Å². The second-order valence-corrected chi connectivity index (χ2v) is 4.62. The molecule has 0 bridgehead atoms. The SMILES string of the molecule is CC(=O)Oc1ccc(Cc2ccccc2)c(OC(C)=O)c1. The second-order valence-electron chi connectivity index (χ2n) is 4.62. The van der Waals surface area contributed by atoms with Crippen molar-refractivity contribution in [2.24, 2.45) is 0 Å². The Hall–Kier alpha value is -2.62. The highest BCUT2D eigenvalue weighted by Crippen LogP contribution is 2.27. The predicted octanol–water partition coefficient (Wildman–Crippen LogP) is 3.13. The zero-order valence-electron chi connectivity index (χ0n) is 12.0. The van der Waals surface area contributed by atoms with E-state index in [1.54, 1.807) is 18.2 Å². The van der Waals surface area contributed by atoms with E-state index in [-0.39, 0.29) is 0 Å². The Bertz CT molecular complexity index is 647. The van der Waals surface area contributed by atoms with Crippen molar-refractivity contribution in [3.63, 3.8) is 0 Å². The molecule has 0 aromatic heterocycles. The quantitative estimate of drug-likeness (QED) is 0.639. The van der Waals surface area contributed by atoms with Gasteiger partial charge in [0.2, 0.25) is 0 Å². The fourth-order valence-electron chi connectivity index (χ4n) is 1.98. The molecule has 0 aliphatic carbocycles. The second kappa shape index (κ2) is 6.70. The van der Waals surface area contributed by atoms with E-state index in [1.165, 1.54) is 13.8 Å². The highest BCUT2D eigenvalue weighted by Gasteiger charge is 2.10. The minimum atomic E-state index is -0.417. The molecular formula is C17H16O4. The first-order valence-electron chi connectivity index (χ1n) is 6.58. The van der Waals surface area contributed by atoms with Crippen LogP contribution < -0.4 is 9.47 Å². The number of rotatable bonds is 4. The maximum atomic E-state index is 11.2. The fraction of sp³-hybridized carbons (Fsp3) is 0.176. The van der Waals surface area contributed by atoms with Crippen LogP contribution >= 0.6 is 0 Å². The van der Waals surface area contributed by atoms with Crippen LogP contribution in [0.15, 0.2) is 48.5 Å². The van der Waals surface area contributed by atoms with Gasteiger partial charge in [-0.05, 0) is 17.2 Å². The molecule has 4 heteroatoms. The van der Waals surface area contributed by atoms with Crippen molar-refractivity contribution in [3.8, 4) is 11.5 Å². The Morgan fingerprint density at radius 1 is 0.905 bits per heavy atom. The van der Waals surface area contributed by atoms with Gasteiger partial charge in [-0.15, -0.1) is 0 Å². The third-order valence-electron chi connectivity index (χ3n) is 2.79. The maximum absolute atomic E-state index is 11.2. The predicted molar refractivity (Wildman–Crippen MR) is 78.3 cm³/mol. The number of carbonyl (C=O) groups excluding carboxylic acids is 2. The topological polar surface area (TPSA) is 52.6 Å². The van der Waals surface area contributed by atoms with E-state index in [1.807, 2.05) is 30.3 Å². The molecule has 0 heterocycles. The van der Waals surface area contributed by atoms with E-state index in [4.69, 9.17) is 9.47 Å². The van der Waals surface area contributed by atoms with Crippen LogP contribution in [0.2, 0.25) is 0 Å². The smallest absolute Gasteiger partial charge is 0.308 e. The van der Waals surface area contributed by atoms with E-state index in [2.05, 4.69) is 0 Å². The van der Waals surface area contributed by atoms with Crippen molar-refractivity contribution in [1.82, 2.24) is 0 Å². The average Bonchev–Trinajstić information content (AvgIpc) is 2.41. The normalized spacial score (nSPS) is 10.0. The minimum absolute atomic E-state index is 0.357. The molecule has 0 aliphatic heterocycles. The van der Waals surface area contributed by atoms with Crippen molar-refractivity contribution in [3.05, 3.63) is 59.7 Å². The van der Waals surface area contributed by atoms with E-state index in [0.29, 0.717) is 17.9 Å². The molecule has 0 spiro atoms.